The summed E-state index contributed by atoms with van der Waals surface area (Å²) in [4.78, 5) is 25.6. The van der Waals surface area contributed by atoms with Crippen molar-refractivity contribution >= 4 is 11.9 Å². The van der Waals surface area contributed by atoms with Gasteiger partial charge in [-0.25, -0.2) is 4.39 Å². The molecule has 1 aliphatic heterocycles. The Labute approximate surface area is 122 Å². The van der Waals surface area contributed by atoms with Crippen LogP contribution in [0.4, 0.5) is 4.39 Å². The highest BCUT2D eigenvalue weighted by molar-refractivity contribution is 5.97. The zero-order valence-corrected chi connectivity index (χ0v) is 11.8. The van der Waals surface area contributed by atoms with Gasteiger partial charge < -0.3 is 14.7 Å². The number of aromatic hydroxyl groups is 1. The largest absolute Gasteiger partial charge is 0.507 e. The van der Waals surface area contributed by atoms with Gasteiger partial charge in [0.15, 0.2) is 0 Å². The highest BCUT2D eigenvalue weighted by Crippen LogP contribution is 2.24. The van der Waals surface area contributed by atoms with Gasteiger partial charge in [-0.05, 0) is 31.9 Å². The number of piperidine rings is 1. The summed E-state index contributed by atoms with van der Waals surface area (Å²) in [6.45, 7) is 2.81. The molecule has 1 fully saturated rings. The third-order valence-electron chi connectivity index (χ3n) is 3.52. The molecular weight excluding hydrogens is 277 g/mol. The van der Waals surface area contributed by atoms with Crippen LogP contribution in [0.15, 0.2) is 18.2 Å². The zero-order valence-electron chi connectivity index (χ0n) is 11.8. The Morgan fingerprint density at radius 3 is 2.90 bits per heavy atom. The molecule has 1 N–H and O–H groups in total. The molecular formula is C15H18FNO4. The molecule has 1 aromatic carbocycles. The second-order valence-corrected chi connectivity index (χ2v) is 5.00. The van der Waals surface area contributed by atoms with Crippen LogP contribution in [0.5, 0.6) is 5.75 Å². The number of nitrogens with zero attached hydrogens (tertiary/aromatic N) is 1. The van der Waals surface area contributed by atoms with Gasteiger partial charge in [0.25, 0.3) is 5.91 Å². The van der Waals surface area contributed by atoms with Crippen molar-refractivity contribution in [3.63, 3.8) is 0 Å². The number of ether oxygens (including phenoxy) is 1. The van der Waals surface area contributed by atoms with Crippen LogP contribution in [0, 0.1) is 11.7 Å². The van der Waals surface area contributed by atoms with Crippen molar-refractivity contribution in [2.75, 3.05) is 19.7 Å². The van der Waals surface area contributed by atoms with Gasteiger partial charge in [0, 0.05) is 19.2 Å². The molecule has 1 atom stereocenters. The third kappa shape index (κ3) is 3.51. The summed E-state index contributed by atoms with van der Waals surface area (Å²) in [5, 5.41) is 9.67. The number of halogens is 1. The molecule has 0 saturated carbocycles. The van der Waals surface area contributed by atoms with E-state index in [1.807, 2.05) is 0 Å². The van der Waals surface area contributed by atoms with Gasteiger partial charge in [0.2, 0.25) is 0 Å². The first-order valence-electron chi connectivity index (χ1n) is 6.97. The fourth-order valence-electron chi connectivity index (χ4n) is 2.47. The van der Waals surface area contributed by atoms with E-state index in [9.17, 15) is 19.1 Å². The Hall–Kier alpha value is -2.11. The molecule has 0 radical (unpaired) electrons. The van der Waals surface area contributed by atoms with Crippen molar-refractivity contribution < 1.29 is 23.8 Å². The average molecular weight is 295 g/mol. The topological polar surface area (TPSA) is 66.8 Å². The molecule has 5 nitrogen and oxygen atoms in total. The van der Waals surface area contributed by atoms with Crippen LogP contribution in [-0.2, 0) is 9.53 Å². The lowest BCUT2D eigenvalue weighted by molar-refractivity contribution is -0.149. The second kappa shape index (κ2) is 6.56. The summed E-state index contributed by atoms with van der Waals surface area (Å²) in [7, 11) is 0. The lowest BCUT2D eigenvalue weighted by Gasteiger charge is -2.31. The molecule has 1 saturated heterocycles. The number of hydrogen-bond acceptors (Lipinski definition) is 4. The number of rotatable bonds is 3. The highest BCUT2D eigenvalue weighted by atomic mass is 19.1. The summed E-state index contributed by atoms with van der Waals surface area (Å²) >= 11 is 0. The minimum absolute atomic E-state index is 0.0425. The average Bonchev–Trinajstić information content (AvgIpc) is 2.47. The molecule has 1 aromatic rings. The van der Waals surface area contributed by atoms with E-state index in [1.165, 1.54) is 11.0 Å². The second-order valence-electron chi connectivity index (χ2n) is 5.00. The van der Waals surface area contributed by atoms with E-state index in [-0.39, 0.29) is 24.0 Å². The van der Waals surface area contributed by atoms with Crippen molar-refractivity contribution in [3.8, 4) is 5.75 Å². The third-order valence-corrected chi connectivity index (χ3v) is 3.52. The van der Waals surface area contributed by atoms with Crippen LogP contribution in [0.1, 0.15) is 30.1 Å². The molecule has 1 amide bonds. The molecule has 114 valence electrons. The number of benzene rings is 1. The van der Waals surface area contributed by atoms with Gasteiger partial charge in [0.05, 0.1) is 18.1 Å². The number of amides is 1. The summed E-state index contributed by atoms with van der Waals surface area (Å²) in [6, 6.07) is 3.28. The molecule has 1 heterocycles. The quantitative estimate of drug-likeness (QED) is 0.865. The Morgan fingerprint density at radius 1 is 1.48 bits per heavy atom. The van der Waals surface area contributed by atoms with Gasteiger partial charge in [-0.2, -0.15) is 0 Å². The maximum Gasteiger partial charge on any atom is 0.310 e. The number of phenols is 1. The lowest BCUT2D eigenvalue weighted by Crippen LogP contribution is -2.42. The van der Waals surface area contributed by atoms with E-state index >= 15 is 0 Å². The van der Waals surface area contributed by atoms with E-state index < -0.39 is 17.5 Å². The Morgan fingerprint density at radius 2 is 2.24 bits per heavy atom. The molecule has 0 aromatic heterocycles. The van der Waals surface area contributed by atoms with E-state index in [0.717, 1.165) is 12.1 Å². The van der Waals surface area contributed by atoms with Crippen molar-refractivity contribution in [3.05, 3.63) is 29.6 Å². The zero-order chi connectivity index (χ0) is 15.4. The molecule has 0 aliphatic carbocycles. The number of esters is 1. The normalized spacial score (nSPS) is 18.4. The molecule has 0 spiro atoms. The summed E-state index contributed by atoms with van der Waals surface area (Å²) in [6.07, 6.45) is 1.37. The van der Waals surface area contributed by atoms with Gasteiger partial charge in [0.1, 0.15) is 11.6 Å². The number of carbonyl (C=O) groups excluding carboxylic acids is 2. The first-order valence-corrected chi connectivity index (χ1v) is 6.97. The summed E-state index contributed by atoms with van der Waals surface area (Å²) in [5.41, 5.74) is 0.0425. The minimum atomic E-state index is -0.605. The van der Waals surface area contributed by atoms with Gasteiger partial charge in [-0.1, -0.05) is 0 Å². The molecule has 1 unspecified atom stereocenters. The predicted octanol–water partition coefficient (Wildman–Crippen LogP) is 1.95. The fourth-order valence-corrected chi connectivity index (χ4v) is 2.47. The Kier molecular flexibility index (Phi) is 4.77. The number of carbonyl (C=O) groups is 2. The summed E-state index contributed by atoms with van der Waals surface area (Å²) in [5.74, 6) is -2.05. The standard InChI is InChI=1S/C15H18FNO4/c1-2-21-15(20)10-4-3-7-17(9-10)14(19)12-6-5-11(16)8-13(12)18/h5-6,8,10,18H,2-4,7,9H2,1H3. The van der Waals surface area contributed by atoms with Crippen molar-refractivity contribution in [2.24, 2.45) is 5.92 Å². The number of hydrogen-bond donors (Lipinski definition) is 1. The monoisotopic (exact) mass is 295 g/mol. The van der Waals surface area contributed by atoms with Crippen molar-refractivity contribution in [1.29, 1.82) is 0 Å². The van der Waals surface area contributed by atoms with Crippen LogP contribution in [0.25, 0.3) is 0 Å². The van der Waals surface area contributed by atoms with Crippen molar-refractivity contribution in [1.82, 2.24) is 4.90 Å². The highest BCUT2D eigenvalue weighted by Gasteiger charge is 2.30. The van der Waals surface area contributed by atoms with Crippen LogP contribution in [-0.4, -0.2) is 41.6 Å². The Bertz CT molecular complexity index is 546. The maximum absolute atomic E-state index is 13.0. The maximum atomic E-state index is 13.0. The van der Waals surface area contributed by atoms with Crippen LogP contribution >= 0.6 is 0 Å². The van der Waals surface area contributed by atoms with Crippen LogP contribution < -0.4 is 0 Å². The first-order chi connectivity index (χ1) is 10.0. The number of phenolic OH excluding ortho intramolecular Hbond substituents is 1. The SMILES string of the molecule is CCOC(=O)C1CCCN(C(=O)c2ccc(F)cc2O)C1. The number of likely N-dealkylation sites (tertiary alicyclic amines) is 1. The molecule has 2 rings (SSSR count). The van der Waals surface area contributed by atoms with Gasteiger partial charge in [-0.15, -0.1) is 0 Å². The summed E-state index contributed by atoms with van der Waals surface area (Å²) < 4.78 is 17.9. The molecule has 0 bridgehead atoms. The first kappa shape index (κ1) is 15.3. The van der Waals surface area contributed by atoms with E-state index in [4.69, 9.17) is 4.74 Å². The van der Waals surface area contributed by atoms with Crippen molar-refractivity contribution in [2.45, 2.75) is 19.8 Å². The van der Waals surface area contributed by atoms with E-state index in [0.29, 0.717) is 26.0 Å². The lowest BCUT2D eigenvalue weighted by atomic mass is 9.97. The van der Waals surface area contributed by atoms with E-state index in [1.54, 1.807) is 6.92 Å². The van der Waals surface area contributed by atoms with Crippen LogP contribution in [0.2, 0.25) is 0 Å². The minimum Gasteiger partial charge on any atom is -0.507 e. The van der Waals surface area contributed by atoms with Crippen LogP contribution in [0.3, 0.4) is 0 Å². The molecule has 21 heavy (non-hydrogen) atoms. The van der Waals surface area contributed by atoms with Gasteiger partial charge in [-0.3, -0.25) is 9.59 Å². The Balaban J connectivity index is 2.10. The predicted molar refractivity (Wildman–Crippen MR) is 73.3 cm³/mol. The fraction of sp³-hybridized carbons (Fsp3) is 0.467. The van der Waals surface area contributed by atoms with Gasteiger partial charge >= 0.3 is 5.97 Å². The molecule has 1 aliphatic rings. The molecule has 6 heteroatoms. The van der Waals surface area contributed by atoms with E-state index in [2.05, 4.69) is 0 Å². The smallest absolute Gasteiger partial charge is 0.310 e.